The molecule has 0 atom stereocenters. The summed E-state index contributed by atoms with van der Waals surface area (Å²) in [6.07, 6.45) is 1.96. The van der Waals surface area contributed by atoms with Crippen molar-refractivity contribution in [3.05, 3.63) is 29.1 Å². The molecule has 0 aromatic heterocycles. The van der Waals surface area contributed by atoms with Crippen molar-refractivity contribution in [2.24, 2.45) is 5.73 Å². The monoisotopic (exact) mass is 209 g/mol. The van der Waals surface area contributed by atoms with Crippen molar-refractivity contribution in [2.75, 3.05) is 13.7 Å². The lowest BCUT2D eigenvalue weighted by molar-refractivity contribution is 0.411. The molecule has 0 heterocycles. The van der Waals surface area contributed by atoms with Crippen LogP contribution in [0.4, 0.5) is 4.39 Å². The first-order valence-electron chi connectivity index (χ1n) is 5.17. The van der Waals surface area contributed by atoms with E-state index >= 15 is 0 Å². The standard InChI is InChI=1S/C12H16FNO/c1-8-5-9(15-2)6-10(11(8)13)12(7-14)3-4-12/h5-6H,3-4,7,14H2,1-2H3. The molecule has 1 saturated carbocycles. The van der Waals surface area contributed by atoms with Crippen molar-refractivity contribution in [3.63, 3.8) is 0 Å². The minimum atomic E-state index is -0.126. The van der Waals surface area contributed by atoms with Crippen LogP contribution in [0, 0.1) is 12.7 Å². The average Bonchev–Trinajstić information content (AvgIpc) is 3.02. The lowest BCUT2D eigenvalue weighted by atomic mass is 9.93. The van der Waals surface area contributed by atoms with Gasteiger partial charge in [-0.05, 0) is 43.0 Å². The molecule has 1 aliphatic carbocycles. The van der Waals surface area contributed by atoms with Crippen LogP contribution in [0.3, 0.4) is 0 Å². The number of halogens is 1. The Labute approximate surface area is 89.2 Å². The minimum absolute atomic E-state index is 0.122. The largest absolute Gasteiger partial charge is 0.497 e. The van der Waals surface area contributed by atoms with E-state index in [-0.39, 0.29) is 11.2 Å². The zero-order valence-corrected chi connectivity index (χ0v) is 9.14. The summed E-state index contributed by atoms with van der Waals surface area (Å²) in [5.41, 5.74) is 6.93. The highest BCUT2D eigenvalue weighted by Crippen LogP contribution is 2.49. The highest BCUT2D eigenvalue weighted by molar-refractivity contribution is 5.42. The Bertz CT molecular complexity index is 385. The molecule has 2 rings (SSSR count). The second kappa shape index (κ2) is 3.49. The summed E-state index contributed by atoms with van der Waals surface area (Å²) in [6.45, 7) is 2.27. The van der Waals surface area contributed by atoms with E-state index in [2.05, 4.69) is 0 Å². The summed E-state index contributed by atoms with van der Waals surface area (Å²) in [6, 6.07) is 3.49. The molecular formula is C12H16FNO. The molecule has 2 nitrogen and oxygen atoms in total. The number of hydrogen-bond acceptors (Lipinski definition) is 2. The van der Waals surface area contributed by atoms with E-state index in [0.717, 1.165) is 18.4 Å². The maximum atomic E-state index is 13.9. The first-order chi connectivity index (χ1) is 7.13. The molecule has 3 heteroatoms. The molecule has 0 saturated heterocycles. The fourth-order valence-corrected chi connectivity index (χ4v) is 1.97. The van der Waals surface area contributed by atoms with Crippen LogP contribution in [0.15, 0.2) is 12.1 Å². The van der Waals surface area contributed by atoms with Crippen LogP contribution < -0.4 is 10.5 Å². The summed E-state index contributed by atoms with van der Waals surface area (Å²) in [5, 5.41) is 0. The van der Waals surface area contributed by atoms with Gasteiger partial charge in [0.1, 0.15) is 11.6 Å². The maximum absolute atomic E-state index is 13.9. The van der Waals surface area contributed by atoms with Crippen LogP contribution in [0.2, 0.25) is 0 Å². The van der Waals surface area contributed by atoms with Crippen molar-refractivity contribution in [3.8, 4) is 5.75 Å². The third-order valence-corrected chi connectivity index (χ3v) is 3.28. The number of rotatable bonds is 3. The second-order valence-electron chi connectivity index (χ2n) is 4.29. The second-order valence-corrected chi connectivity index (χ2v) is 4.29. The number of aryl methyl sites for hydroxylation is 1. The third kappa shape index (κ3) is 1.61. The number of hydrogen-bond donors (Lipinski definition) is 1. The molecule has 82 valence electrons. The molecule has 15 heavy (non-hydrogen) atoms. The molecular weight excluding hydrogens is 193 g/mol. The van der Waals surface area contributed by atoms with Crippen LogP contribution in [0.1, 0.15) is 24.0 Å². The average molecular weight is 209 g/mol. The van der Waals surface area contributed by atoms with E-state index in [1.165, 1.54) is 0 Å². The van der Waals surface area contributed by atoms with Crippen molar-refractivity contribution in [2.45, 2.75) is 25.2 Å². The van der Waals surface area contributed by atoms with Gasteiger partial charge in [0.2, 0.25) is 0 Å². The highest BCUT2D eigenvalue weighted by Gasteiger charge is 2.45. The van der Waals surface area contributed by atoms with Crippen molar-refractivity contribution < 1.29 is 9.13 Å². The lowest BCUT2D eigenvalue weighted by Crippen LogP contribution is -2.21. The fourth-order valence-electron chi connectivity index (χ4n) is 1.97. The molecule has 1 fully saturated rings. The Kier molecular flexibility index (Phi) is 2.43. The molecule has 1 aliphatic rings. The normalized spacial score (nSPS) is 17.6. The van der Waals surface area contributed by atoms with Crippen molar-refractivity contribution in [1.82, 2.24) is 0 Å². The zero-order chi connectivity index (χ0) is 11.1. The summed E-state index contributed by atoms with van der Waals surface area (Å²) < 4.78 is 19.1. The van der Waals surface area contributed by atoms with Gasteiger partial charge in [0.05, 0.1) is 7.11 Å². The fraction of sp³-hybridized carbons (Fsp3) is 0.500. The maximum Gasteiger partial charge on any atom is 0.130 e. The van der Waals surface area contributed by atoms with E-state index in [0.29, 0.717) is 17.9 Å². The molecule has 1 aromatic carbocycles. The van der Waals surface area contributed by atoms with E-state index in [9.17, 15) is 4.39 Å². The van der Waals surface area contributed by atoms with Gasteiger partial charge in [0.15, 0.2) is 0 Å². The summed E-state index contributed by atoms with van der Waals surface area (Å²) in [5.74, 6) is 0.586. The zero-order valence-electron chi connectivity index (χ0n) is 9.14. The van der Waals surface area contributed by atoms with E-state index in [1.54, 1.807) is 26.2 Å². The van der Waals surface area contributed by atoms with Crippen LogP contribution in [-0.4, -0.2) is 13.7 Å². The van der Waals surface area contributed by atoms with Crippen molar-refractivity contribution >= 4 is 0 Å². The Morgan fingerprint density at radius 3 is 2.60 bits per heavy atom. The Morgan fingerprint density at radius 2 is 2.13 bits per heavy atom. The lowest BCUT2D eigenvalue weighted by Gasteiger charge is -2.16. The predicted octanol–water partition coefficient (Wildman–Crippen LogP) is 2.13. The molecule has 0 unspecified atom stereocenters. The van der Waals surface area contributed by atoms with Crippen LogP contribution in [0.25, 0.3) is 0 Å². The van der Waals surface area contributed by atoms with Gasteiger partial charge < -0.3 is 10.5 Å². The Morgan fingerprint density at radius 1 is 1.47 bits per heavy atom. The van der Waals surface area contributed by atoms with Gasteiger partial charge in [0, 0.05) is 12.0 Å². The van der Waals surface area contributed by atoms with Crippen LogP contribution in [-0.2, 0) is 5.41 Å². The SMILES string of the molecule is COc1cc(C)c(F)c(C2(CN)CC2)c1. The highest BCUT2D eigenvalue weighted by atomic mass is 19.1. The van der Waals surface area contributed by atoms with Gasteiger partial charge in [-0.3, -0.25) is 0 Å². The quantitative estimate of drug-likeness (QED) is 0.827. The molecule has 2 N–H and O–H groups in total. The van der Waals surface area contributed by atoms with E-state index in [1.807, 2.05) is 0 Å². The smallest absolute Gasteiger partial charge is 0.130 e. The van der Waals surface area contributed by atoms with Gasteiger partial charge in [-0.15, -0.1) is 0 Å². The first kappa shape index (κ1) is 10.4. The predicted molar refractivity (Wildman–Crippen MR) is 57.7 cm³/mol. The number of methoxy groups -OCH3 is 1. The van der Waals surface area contributed by atoms with E-state index in [4.69, 9.17) is 10.5 Å². The third-order valence-electron chi connectivity index (χ3n) is 3.28. The summed E-state index contributed by atoms with van der Waals surface area (Å²) >= 11 is 0. The topological polar surface area (TPSA) is 35.2 Å². The number of benzene rings is 1. The van der Waals surface area contributed by atoms with Gasteiger partial charge in [0.25, 0.3) is 0 Å². The van der Waals surface area contributed by atoms with Crippen LogP contribution >= 0.6 is 0 Å². The Balaban J connectivity index is 2.50. The summed E-state index contributed by atoms with van der Waals surface area (Å²) in [4.78, 5) is 0. The molecule has 0 spiro atoms. The molecule has 0 bridgehead atoms. The van der Waals surface area contributed by atoms with Gasteiger partial charge in [-0.2, -0.15) is 0 Å². The number of nitrogens with two attached hydrogens (primary N) is 1. The first-order valence-corrected chi connectivity index (χ1v) is 5.17. The minimum Gasteiger partial charge on any atom is -0.497 e. The van der Waals surface area contributed by atoms with Crippen molar-refractivity contribution in [1.29, 1.82) is 0 Å². The van der Waals surface area contributed by atoms with Gasteiger partial charge in [-0.25, -0.2) is 4.39 Å². The van der Waals surface area contributed by atoms with Gasteiger partial charge >= 0.3 is 0 Å². The van der Waals surface area contributed by atoms with Gasteiger partial charge in [-0.1, -0.05) is 0 Å². The molecule has 0 aliphatic heterocycles. The molecule has 1 aromatic rings. The molecule has 0 radical (unpaired) electrons. The van der Waals surface area contributed by atoms with Crippen LogP contribution in [0.5, 0.6) is 5.75 Å². The Hall–Kier alpha value is -1.09. The molecule has 0 amide bonds. The number of ether oxygens (including phenoxy) is 1. The summed E-state index contributed by atoms with van der Waals surface area (Å²) in [7, 11) is 1.60. The van der Waals surface area contributed by atoms with E-state index < -0.39 is 0 Å².